The summed E-state index contributed by atoms with van der Waals surface area (Å²) in [7, 11) is -3.93. The number of sulfonamides is 1. The summed E-state index contributed by atoms with van der Waals surface area (Å²) in [6.07, 6.45) is 0.568. The van der Waals surface area contributed by atoms with E-state index in [9.17, 15) is 26.8 Å². The molecule has 0 unspecified atom stereocenters. The zero-order chi connectivity index (χ0) is 31.3. The van der Waals surface area contributed by atoms with Crippen molar-refractivity contribution in [3.8, 4) is 0 Å². The van der Waals surface area contributed by atoms with E-state index in [2.05, 4.69) is 10.0 Å². The quantitative estimate of drug-likeness (QED) is 0.277. The highest BCUT2D eigenvalue weighted by Crippen LogP contribution is 2.28. The van der Waals surface area contributed by atoms with E-state index in [1.54, 1.807) is 47.4 Å². The van der Waals surface area contributed by atoms with E-state index in [4.69, 9.17) is 0 Å². The van der Waals surface area contributed by atoms with Gasteiger partial charge in [-0.25, -0.2) is 17.2 Å². The molecule has 0 saturated carbocycles. The summed E-state index contributed by atoms with van der Waals surface area (Å²) in [4.78, 5) is 30.3. The van der Waals surface area contributed by atoms with Crippen LogP contribution in [-0.2, 0) is 16.6 Å². The molecule has 1 fully saturated rings. The van der Waals surface area contributed by atoms with Gasteiger partial charge in [0, 0.05) is 44.1 Å². The van der Waals surface area contributed by atoms with Crippen molar-refractivity contribution in [3.63, 3.8) is 0 Å². The summed E-state index contributed by atoms with van der Waals surface area (Å²) in [6.45, 7) is 3.57. The van der Waals surface area contributed by atoms with E-state index in [-0.39, 0.29) is 34.1 Å². The number of carbonyl (C=O) groups excluding carboxylic acids is 2. The fraction of sp³-hybridized carbons (Fsp3) is 0.212. The maximum Gasteiger partial charge on any atom is 0.261 e. The second kappa shape index (κ2) is 13.3. The van der Waals surface area contributed by atoms with Crippen LogP contribution in [0.4, 0.5) is 20.2 Å². The molecule has 1 aliphatic heterocycles. The lowest BCUT2D eigenvalue weighted by Crippen LogP contribution is -2.36. The Balaban J connectivity index is 1.40. The van der Waals surface area contributed by atoms with Crippen LogP contribution in [0.25, 0.3) is 0 Å². The maximum absolute atomic E-state index is 14.3. The Kier molecular flexibility index (Phi) is 9.24. The third-order valence-electron chi connectivity index (χ3n) is 7.42. The Labute approximate surface area is 255 Å². The minimum Gasteiger partial charge on any atom is -0.369 e. The number of nitrogens with one attached hydrogen (secondary N) is 2. The molecule has 44 heavy (non-hydrogen) atoms. The van der Waals surface area contributed by atoms with Crippen LogP contribution in [0, 0.1) is 18.6 Å². The van der Waals surface area contributed by atoms with Gasteiger partial charge in [0.2, 0.25) is 0 Å². The number of benzene rings is 4. The average molecular weight is 619 g/mol. The molecule has 4 aromatic rings. The van der Waals surface area contributed by atoms with Crippen molar-refractivity contribution in [1.82, 2.24) is 10.2 Å². The molecule has 0 spiro atoms. The number of rotatable bonds is 8. The second-order valence-corrected chi connectivity index (χ2v) is 12.3. The summed E-state index contributed by atoms with van der Waals surface area (Å²) in [6, 6.07) is 22.8. The third-order valence-corrected chi connectivity index (χ3v) is 8.82. The van der Waals surface area contributed by atoms with E-state index in [1.807, 2.05) is 11.8 Å². The van der Waals surface area contributed by atoms with Crippen LogP contribution >= 0.6 is 0 Å². The number of aryl methyl sites for hydroxylation is 1. The fourth-order valence-corrected chi connectivity index (χ4v) is 6.08. The number of nitrogens with zero attached hydrogens (tertiary/aromatic N) is 2. The van der Waals surface area contributed by atoms with Crippen molar-refractivity contribution < 1.29 is 26.8 Å². The molecule has 11 heteroatoms. The van der Waals surface area contributed by atoms with Gasteiger partial charge < -0.3 is 15.1 Å². The average Bonchev–Trinajstić information content (AvgIpc) is 3.27. The lowest BCUT2D eigenvalue weighted by Gasteiger charge is -2.26. The van der Waals surface area contributed by atoms with Gasteiger partial charge in [0.25, 0.3) is 21.8 Å². The summed E-state index contributed by atoms with van der Waals surface area (Å²) in [5, 5.41) is 2.84. The van der Waals surface area contributed by atoms with Crippen LogP contribution < -0.4 is 14.9 Å². The van der Waals surface area contributed by atoms with Gasteiger partial charge >= 0.3 is 0 Å². The highest BCUT2D eigenvalue weighted by molar-refractivity contribution is 7.92. The predicted octanol–water partition coefficient (Wildman–Crippen LogP) is 5.36. The number of carbonyl (C=O) groups is 2. The Bertz CT molecular complexity index is 1760. The van der Waals surface area contributed by atoms with Crippen LogP contribution in [0.2, 0.25) is 0 Å². The number of hydrogen-bond acceptors (Lipinski definition) is 5. The molecule has 1 aliphatic rings. The summed E-state index contributed by atoms with van der Waals surface area (Å²) >= 11 is 0. The predicted molar refractivity (Wildman–Crippen MR) is 165 cm³/mol. The zero-order valence-corrected chi connectivity index (χ0v) is 24.9. The first-order valence-electron chi connectivity index (χ1n) is 14.2. The van der Waals surface area contributed by atoms with Crippen LogP contribution in [0.3, 0.4) is 0 Å². The normalized spacial score (nSPS) is 13.7. The van der Waals surface area contributed by atoms with E-state index >= 15 is 0 Å². The lowest BCUT2D eigenvalue weighted by molar-refractivity contribution is 0.0762. The third kappa shape index (κ3) is 7.23. The lowest BCUT2D eigenvalue weighted by atomic mass is 10.1. The van der Waals surface area contributed by atoms with Gasteiger partial charge in [0.05, 0.1) is 16.0 Å². The molecule has 2 amide bonds. The highest BCUT2D eigenvalue weighted by atomic mass is 32.2. The van der Waals surface area contributed by atoms with Crippen LogP contribution in [0.1, 0.15) is 38.3 Å². The Morgan fingerprint density at radius 3 is 2.27 bits per heavy atom. The number of anilines is 2. The number of amides is 2. The van der Waals surface area contributed by atoms with Crippen LogP contribution in [0.5, 0.6) is 0 Å². The van der Waals surface area contributed by atoms with Crippen LogP contribution in [-0.4, -0.2) is 51.3 Å². The van der Waals surface area contributed by atoms with Crippen molar-refractivity contribution in [2.75, 3.05) is 35.8 Å². The molecule has 5 rings (SSSR count). The van der Waals surface area contributed by atoms with E-state index < -0.39 is 27.7 Å². The minimum atomic E-state index is -3.93. The standard InChI is InChI=1S/C33H32F2N4O4S/c1-23-7-14-27(15-8-23)44(42,43)37-26-13-16-31(29(21-26)32(40)36-22-24-9-11-25(34)12-10-24)38-17-4-18-39(20-19-38)33(41)28-5-2-3-6-30(28)35/h2-3,5-16,21,37H,4,17-20,22H2,1H3,(H,36,40). The van der Waals surface area contributed by atoms with Crippen molar-refractivity contribution in [2.24, 2.45) is 0 Å². The van der Waals surface area contributed by atoms with Crippen molar-refractivity contribution >= 4 is 33.2 Å². The molecule has 0 atom stereocenters. The number of hydrogen-bond donors (Lipinski definition) is 2. The smallest absolute Gasteiger partial charge is 0.261 e. The van der Waals surface area contributed by atoms with Gasteiger partial charge in [-0.2, -0.15) is 0 Å². The molecular formula is C33H32F2N4O4S. The number of halogens is 2. The summed E-state index contributed by atoms with van der Waals surface area (Å²) in [5.41, 5.74) is 2.60. The zero-order valence-electron chi connectivity index (χ0n) is 24.1. The Morgan fingerprint density at radius 2 is 1.55 bits per heavy atom. The van der Waals surface area contributed by atoms with E-state index in [1.165, 1.54) is 48.5 Å². The van der Waals surface area contributed by atoms with Gasteiger partial charge in [0.15, 0.2) is 0 Å². The molecule has 0 aliphatic carbocycles. The molecule has 1 saturated heterocycles. The fourth-order valence-electron chi connectivity index (χ4n) is 5.03. The largest absolute Gasteiger partial charge is 0.369 e. The van der Waals surface area contributed by atoms with Gasteiger partial charge in [0.1, 0.15) is 11.6 Å². The van der Waals surface area contributed by atoms with Crippen LogP contribution in [0.15, 0.2) is 95.9 Å². The Hall–Kier alpha value is -4.77. The van der Waals surface area contributed by atoms with E-state index in [0.717, 1.165) is 5.56 Å². The monoisotopic (exact) mass is 618 g/mol. The van der Waals surface area contributed by atoms with E-state index in [0.29, 0.717) is 43.9 Å². The molecule has 8 nitrogen and oxygen atoms in total. The topological polar surface area (TPSA) is 98.8 Å². The molecule has 0 radical (unpaired) electrons. The first-order valence-corrected chi connectivity index (χ1v) is 15.6. The van der Waals surface area contributed by atoms with Gasteiger partial charge in [-0.3, -0.25) is 14.3 Å². The summed E-state index contributed by atoms with van der Waals surface area (Å²) in [5.74, 6) is -1.82. The van der Waals surface area contributed by atoms with Crippen molar-refractivity contribution in [3.05, 3.63) is 125 Å². The van der Waals surface area contributed by atoms with Gasteiger partial charge in [-0.15, -0.1) is 0 Å². The first-order chi connectivity index (χ1) is 21.1. The first kappa shape index (κ1) is 30.7. The molecule has 1 heterocycles. The summed E-state index contributed by atoms with van der Waals surface area (Å²) < 4.78 is 56.4. The van der Waals surface area contributed by atoms with Gasteiger partial charge in [-0.05, 0) is 73.5 Å². The molecule has 0 bridgehead atoms. The van der Waals surface area contributed by atoms with Gasteiger partial charge in [-0.1, -0.05) is 42.0 Å². The molecular weight excluding hydrogens is 586 g/mol. The van der Waals surface area contributed by atoms with Crippen molar-refractivity contribution in [1.29, 1.82) is 0 Å². The Morgan fingerprint density at radius 1 is 0.818 bits per heavy atom. The molecule has 0 aromatic heterocycles. The molecule has 4 aromatic carbocycles. The second-order valence-electron chi connectivity index (χ2n) is 10.6. The SMILES string of the molecule is Cc1ccc(S(=O)(=O)Nc2ccc(N3CCCN(C(=O)c4ccccc4F)CC3)c(C(=O)NCc3ccc(F)cc3)c2)cc1. The maximum atomic E-state index is 14.3. The molecule has 2 N–H and O–H groups in total. The molecule has 228 valence electrons. The van der Waals surface area contributed by atoms with Crippen molar-refractivity contribution in [2.45, 2.75) is 24.8 Å². The minimum absolute atomic E-state index is 0.00650. The highest BCUT2D eigenvalue weighted by Gasteiger charge is 2.25.